The summed E-state index contributed by atoms with van der Waals surface area (Å²) in [5.41, 5.74) is 0.487. The predicted octanol–water partition coefficient (Wildman–Crippen LogP) is 3.00. The van der Waals surface area contributed by atoms with Gasteiger partial charge in [-0.25, -0.2) is 4.79 Å². The Morgan fingerprint density at radius 3 is 2.88 bits per heavy atom. The van der Waals surface area contributed by atoms with Gasteiger partial charge in [0.05, 0.1) is 9.80 Å². The first kappa shape index (κ1) is 17.1. The third kappa shape index (κ3) is 3.85. The second-order valence-corrected chi connectivity index (χ2v) is 6.62. The maximum Gasteiger partial charge on any atom is 0.329 e. The number of hydrogen-bond donors (Lipinski definition) is 0. The van der Waals surface area contributed by atoms with Crippen molar-refractivity contribution >= 4 is 28.9 Å². The zero-order valence-electron chi connectivity index (χ0n) is 13.3. The number of benzene rings is 1. The van der Waals surface area contributed by atoms with Crippen LogP contribution in [0.15, 0.2) is 41.8 Å². The molecule has 1 aromatic carbocycles. The molecule has 0 radical (unpaired) electrons. The standard InChI is InChI=1S/C17H16N2O5S/c20-16(15-7-3-9-25-15)18-8-2-6-14(18)17(21)24-11-12-4-1-5-13(10-12)19(22)23/h1,3-5,7,9-10,14H,2,6,8,11H2. The van der Waals surface area contributed by atoms with Crippen LogP contribution in [0.2, 0.25) is 0 Å². The van der Waals surface area contributed by atoms with Crippen LogP contribution in [-0.4, -0.2) is 34.3 Å². The smallest absolute Gasteiger partial charge is 0.329 e. The molecule has 2 aromatic rings. The number of thiophene rings is 1. The van der Waals surface area contributed by atoms with E-state index in [-0.39, 0.29) is 18.2 Å². The van der Waals surface area contributed by atoms with E-state index < -0.39 is 16.9 Å². The summed E-state index contributed by atoms with van der Waals surface area (Å²) in [4.78, 5) is 37.3. The number of rotatable bonds is 5. The average Bonchev–Trinajstić information content (AvgIpc) is 3.30. The zero-order chi connectivity index (χ0) is 17.8. The van der Waals surface area contributed by atoms with Crippen molar-refractivity contribution < 1.29 is 19.2 Å². The van der Waals surface area contributed by atoms with E-state index in [2.05, 4.69) is 0 Å². The van der Waals surface area contributed by atoms with Gasteiger partial charge in [-0.1, -0.05) is 18.2 Å². The molecular weight excluding hydrogens is 344 g/mol. The lowest BCUT2D eigenvalue weighted by atomic mass is 10.2. The van der Waals surface area contributed by atoms with Crippen molar-refractivity contribution in [3.63, 3.8) is 0 Å². The summed E-state index contributed by atoms with van der Waals surface area (Å²) in [6.45, 7) is 0.464. The lowest BCUT2D eigenvalue weighted by Crippen LogP contribution is -2.41. The molecule has 8 heteroatoms. The Balaban J connectivity index is 1.63. The predicted molar refractivity (Wildman–Crippen MR) is 91.3 cm³/mol. The Labute approximate surface area is 148 Å². The van der Waals surface area contributed by atoms with E-state index >= 15 is 0 Å². The summed E-state index contributed by atoms with van der Waals surface area (Å²) in [6, 6.07) is 8.88. The van der Waals surface area contributed by atoms with Gasteiger partial charge in [-0.15, -0.1) is 11.3 Å². The third-order valence-electron chi connectivity index (χ3n) is 4.02. The molecule has 2 heterocycles. The molecule has 1 saturated heterocycles. The van der Waals surface area contributed by atoms with Crippen molar-refractivity contribution in [1.29, 1.82) is 0 Å². The minimum Gasteiger partial charge on any atom is -0.459 e. The van der Waals surface area contributed by atoms with Crippen LogP contribution in [0.3, 0.4) is 0 Å². The van der Waals surface area contributed by atoms with Crippen LogP contribution >= 0.6 is 11.3 Å². The van der Waals surface area contributed by atoms with Crippen molar-refractivity contribution in [1.82, 2.24) is 4.90 Å². The van der Waals surface area contributed by atoms with Crippen LogP contribution in [0.4, 0.5) is 5.69 Å². The summed E-state index contributed by atoms with van der Waals surface area (Å²) >= 11 is 1.34. The van der Waals surface area contributed by atoms with Gasteiger partial charge in [0.25, 0.3) is 11.6 Å². The number of nitro benzene ring substituents is 1. The molecule has 130 valence electrons. The summed E-state index contributed by atoms with van der Waals surface area (Å²) in [7, 11) is 0. The van der Waals surface area contributed by atoms with Gasteiger partial charge in [-0.2, -0.15) is 0 Å². The number of nitro groups is 1. The number of carbonyl (C=O) groups is 2. The second-order valence-electron chi connectivity index (χ2n) is 5.67. The van der Waals surface area contributed by atoms with Crippen LogP contribution in [0.5, 0.6) is 0 Å². The van der Waals surface area contributed by atoms with Crippen LogP contribution < -0.4 is 0 Å². The quantitative estimate of drug-likeness (QED) is 0.464. The van der Waals surface area contributed by atoms with E-state index in [0.29, 0.717) is 23.4 Å². The molecule has 3 rings (SSSR count). The first-order chi connectivity index (χ1) is 12.1. The molecule has 1 unspecified atom stereocenters. The first-order valence-electron chi connectivity index (χ1n) is 7.80. The maximum atomic E-state index is 12.5. The molecule has 0 bridgehead atoms. The Morgan fingerprint density at radius 1 is 1.32 bits per heavy atom. The number of ether oxygens (including phenoxy) is 1. The van der Waals surface area contributed by atoms with Crippen molar-refractivity contribution in [3.05, 3.63) is 62.3 Å². The SMILES string of the molecule is O=C(OCc1cccc([N+](=O)[O-])c1)C1CCCN1C(=O)c1cccs1. The second kappa shape index (κ2) is 7.43. The fraction of sp³-hybridized carbons (Fsp3) is 0.294. The van der Waals surface area contributed by atoms with Crippen molar-refractivity contribution in [3.8, 4) is 0 Å². The van der Waals surface area contributed by atoms with E-state index in [0.717, 1.165) is 6.42 Å². The Bertz CT molecular complexity index is 790. The molecular formula is C17H16N2O5S. The highest BCUT2D eigenvalue weighted by Crippen LogP contribution is 2.23. The van der Waals surface area contributed by atoms with Crippen molar-refractivity contribution in [2.45, 2.75) is 25.5 Å². The normalized spacial score (nSPS) is 16.6. The van der Waals surface area contributed by atoms with Crippen LogP contribution in [0.1, 0.15) is 28.1 Å². The topological polar surface area (TPSA) is 89.8 Å². The van der Waals surface area contributed by atoms with Gasteiger partial charge in [0.15, 0.2) is 0 Å². The Morgan fingerprint density at radius 2 is 2.16 bits per heavy atom. The van der Waals surface area contributed by atoms with Gasteiger partial charge in [0.1, 0.15) is 12.6 Å². The van der Waals surface area contributed by atoms with Crippen molar-refractivity contribution in [2.75, 3.05) is 6.54 Å². The first-order valence-corrected chi connectivity index (χ1v) is 8.68. The molecule has 0 saturated carbocycles. The largest absolute Gasteiger partial charge is 0.459 e. The number of carbonyl (C=O) groups excluding carboxylic acids is 2. The fourth-order valence-electron chi connectivity index (χ4n) is 2.81. The summed E-state index contributed by atoms with van der Waals surface area (Å²) < 4.78 is 5.29. The van der Waals surface area contributed by atoms with Crippen molar-refractivity contribution in [2.24, 2.45) is 0 Å². The lowest BCUT2D eigenvalue weighted by molar-refractivity contribution is -0.384. The van der Waals surface area contributed by atoms with E-state index in [1.807, 2.05) is 5.38 Å². The molecule has 1 aromatic heterocycles. The number of nitrogens with zero attached hydrogens (tertiary/aromatic N) is 2. The summed E-state index contributed by atoms with van der Waals surface area (Å²) in [6.07, 6.45) is 1.30. The Kier molecular flexibility index (Phi) is 5.08. The number of esters is 1. The highest BCUT2D eigenvalue weighted by atomic mass is 32.1. The minimum atomic E-state index is -0.603. The van der Waals surface area contributed by atoms with E-state index in [1.54, 1.807) is 29.2 Å². The maximum absolute atomic E-state index is 12.5. The van der Waals surface area contributed by atoms with Gasteiger partial charge in [-0.05, 0) is 29.9 Å². The fourth-order valence-corrected chi connectivity index (χ4v) is 3.49. The molecule has 1 aliphatic heterocycles. The molecule has 1 atom stereocenters. The minimum absolute atomic E-state index is 0.0519. The number of non-ortho nitro benzene ring substituents is 1. The van der Waals surface area contributed by atoms with Gasteiger partial charge in [-0.3, -0.25) is 14.9 Å². The van der Waals surface area contributed by atoms with Gasteiger partial charge < -0.3 is 9.64 Å². The van der Waals surface area contributed by atoms with E-state index in [4.69, 9.17) is 4.74 Å². The van der Waals surface area contributed by atoms with Gasteiger partial charge in [0, 0.05) is 18.7 Å². The third-order valence-corrected chi connectivity index (χ3v) is 4.88. The number of likely N-dealkylation sites (tertiary alicyclic amines) is 1. The highest BCUT2D eigenvalue weighted by molar-refractivity contribution is 7.12. The highest BCUT2D eigenvalue weighted by Gasteiger charge is 2.36. The molecule has 1 amide bonds. The molecule has 1 aliphatic rings. The molecule has 0 N–H and O–H groups in total. The monoisotopic (exact) mass is 360 g/mol. The molecule has 0 aliphatic carbocycles. The Hall–Kier alpha value is -2.74. The number of amides is 1. The van der Waals surface area contributed by atoms with Gasteiger partial charge >= 0.3 is 5.97 Å². The lowest BCUT2D eigenvalue weighted by Gasteiger charge is -2.22. The summed E-state index contributed by atoms with van der Waals surface area (Å²) in [5.74, 6) is -0.640. The molecule has 0 spiro atoms. The van der Waals surface area contributed by atoms with Crippen LogP contribution in [0.25, 0.3) is 0 Å². The molecule has 7 nitrogen and oxygen atoms in total. The molecule has 25 heavy (non-hydrogen) atoms. The van der Waals surface area contributed by atoms with Gasteiger partial charge in [0.2, 0.25) is 0 Å². The number of hydrogen-bond acceptors (Lipinski definition) is 6. The average molecular weight is 360 g/mol. The van der Waals surface area contributed by atoms with Crippen LogP contribution in [-0.2, 0) is 16.1 Å². The molecule has 1 fully saturated rings. The van der Waals surface area contributed by atoms with E-state index in [1.165, 1.54) is 23.5 Å². The van der Waals surface area contributed by atoms with E-state index in [9.17, 15) is 19.7 Å². The van der Waals surface area contributed by atoms with Crippen LogP contribution in [0, 0.1) is 10.1 Å². The summed E-state index contributed by atoms with van der Waals surface area (Å²) in [5, 5.41) is 12.6. The zero-order valence-corrected chi connectivity index (χ0v) is 14.1.